The molecule has 2 aromatic heterocycles. The lowest BCUT2D eigenvalue weighted by Gasteiger charge is -2.06. The molecule has 0 bridgehead atoms. The first kappa shape index (κ1) is 12.6. The van der Waals surface area contributed by atoms with Crippen molar-refractivity contribution in [3.05, 3.63) is 16.9 Å². The molecule has 7 heteroatoms. The predicted molar refractivity (Wildman–Crippen MR) is 71.8 cm³/mol. The summed E-state index contributed by atoms with van der Waals surface area (Å²) < 4.78 is 5.72. The van der Waals surface area contributed by atoms with E-state index in [0.29, 0.717) is 5.75 Å². The van der Waals surface area contributed by atoms with Crippen molar-refractivity contribution < 1.29 is 4.74 Å². The van der Waals surface area contributed by atoms with E-state index in [9.17, 15) is 0 Å². The summed E-state index contributed by atoms with van der Waals surface area (Å²) in [6.45, 7) is 4.09. The molecule has 0 aromatic carbocycles. The minimum Gasteiger partial charge on any atom is -0.439 e. The van der Waals surface area contributed by atoms with Gasteiger partial charge in [-0.1, -0.05) is 25.2 Å². The third kappa shape index (κ3) is 2.51. The number of thiazole rings is 1. The third-order valence-corrected chi connectivity index (χ3v) is 3.47. The molecule has 0 saturated heterocycles. The molecular weight excluding hydrogens is 250 g/mol. The third-order valence-electron chi connectivity index (χ3n) is 2.35. The van der Waals surface area contributed by atoms with E-state index in [4.69, 9.17) is 16.2 Å². The maximum atomic E-state index is 5.73. The molecule has 0 saturated carbocycles. The minimum atomic E-state index is 0.133. The molecule has 0 atom stereocenters. The predicted octanol–water partition coefficient (Wildman–Crippen LogP) is 2.01. The standard InChI is InChI=1S/C11H15N5OS/c1-3-6-10(18-8(4-2)15-6)17-7-5-14-11(13)16-9(7)12/h5H,3-4H2,1-2H3,(H4,12,13,14,16). The fourth-order valence-corrected chi connectivity index (χ4v) is 2.37. The Kier molecular flexibility index (Phi) is 3.61. The molecule has 18 heavy (non-hydrogen) atoms. The topological polar surface area (TPSA) is 99.9 Å². The van der Waals surface area contributed by atoms with Crippen molar-refractivity contribution in [3.8, 4) is 10.8 Å². The molecule has 2 heterocycles. The highest BCUT2D eigenvalue weighted by molar-refractivity contribution is 7.13. The van der Waals surface area contributed by atoms with E-state index in [0.717, 1.165) is 28.6 Å². The van der Waals surface area contributed by atoms with E-state index >= 15 is 0 Å². The van der Waals surface area contributed by atoms with Gasteiger partial charge in [0.25, 0.3) is 0 Å². The van der Waals surface area contributed by atoms with Crippen LogP contribution in [-0.4, -0.2) is 15.0 Å². The average molecular weight is 265 g/mol. The number of nitrogens with zero attached hydrogens (tertiary/aromatic N) is 3. The Bertz CT molecular complexity index is 554. The van der Waals surface area contributed by atoms with Gasteiger partial charge in [-0.15, -0.1) is 0 Å². The van der Waals surface area contributed by atoms with Crippen molar-refractivity contribution >= 4 is 23.1 Å². The molecule has 0 unspecified atom stereocenters. The van der Waals surface area contributed by atoms with Gasteiger partial charge in [0.05, 0.1) is 16.9 Å². The second-order valence-corrected chi connectivity index (χ2v) is 4.67. The Morgan fingerprint density at radius 1 is 1.22 bits per heavy atom. The zero-order valence-corrected chi connectivity index (χ0v) is 11.1. The van der Waals surface area contributed by atoms with Crippen LogP contribution in [0.15, 0.2) is 6.20 Å². The van der Waals surface area contributed by atoms with Crippen molar-refractivity contribution in [1.29, 1.82) is 0 Å². The SMILES string of the molecule is CCc1nc(CC)c(Oc2cnc(N)nc2N)s1. The van der Waals surface area contributed by atoms with Crippen LogP contribution in [0.2, 0.25) is 0 Å². The van der Waals surface area contributed by atoms with Crippen LogP contribution in [0.3, 0.4) is 0 Å². The van der Waals surface area contributed by atoms with Gasteiger partial charge < -0.3 is 16.2 Å². The number of aryl methyl sites for hydroxylation is 2. The summed E-state index contributed by atoms with van der Waals surface area (Å²) in [5.74, 6) is 0.773. The number of nitrogens with two attached hydrogens (primary N) is 2. The first-order valence-corrected chi connectivity index (χ1v) is 6.50. The first-order valence-electron chi connectivity index (χ1n) is 5.68. The molecule has 4 N–H and O–H groups in total. The maximum absolute atomic E-state index is 5.73. The Morgan fingerprint density at radius 2 is 2.00 bits per heavy atom. The highest BCUT2D eigenvalue weighted by Gasteiger charge is 2.13. The summed E-state index contributed by atoms with van der Waals surface area (Å²) in [5, 5.41) is 1.78. The molecule has 96 valence electrons. The lowest BCUT2D eigenvalue weighted by molar-refractivity contribution is 0.487. The molecule has 0 aliphatic heterocycles. The Balaban J connectivity index is 2.30. The molecule has 0 amide bonds. The number of aromatic nitrogens is 3. The van der Waals surface area contributed by atoms with Crippen LogP contribution in [0.5, 0.6) is 10.8 Å². The van der Waals surface area contributed by atoms with Crippen LogP contribution in [0.4, 0.5) is 11.8 Å². The highest BCUT2D eigenvalue weighted by Crippen LogP contribution is 2.34. The average Bonchev–Trinajstić information content (AvgIpc) is 2.75. The van der Waals surface area contributed by atoms with Gasteiger partial charge in [0.2, 0.25) is 11.0 Å². The zero-order chi connectivity index (χ0) is 13.1. The van der Waals surface area contributed by atoms with E-state index in [1.165, 1.54) is 17.5 Å². The molecule has 0 aliphatic rings. The van der Waals surface area contributed by atoms with Crippen LogP contribution < -0.4 is 16.2 Å². The maximum Gasteiger partial charge on any atom is 0.222 e. The normalized spacial score (nSPS) is 10.6. The van der Waals surface area contributed by atoms with E-state index < -0.39 is 0 Å². The number of ether oxygens (including phenoxy) is 1. The lowest BCUT2D eigenvalue weighted by Crippen LogP contribution is -2.01. The zero-order valence-electron chi connectivity index (χ0n) is 10.3. The van der Waals surface area contributed by atoms with Crippen LogP contribution in [0.25, 0.3) is 0 Å². The smallest absolute Gasteiger partial charge is 0.222 e. The van der Waals surface area contributed by atoms with Crippen molar-refractivity contribution in [3.63, 3.8) is 0 Å². The van der Waals surface area contributed by atoms with Gasteiger partial charge in [-0.25, -0.2) is 9.97 Å². The van der Waals surface area contributed by atoms with Gasteiger partial charge in [-0.05, 0) is 12.8 Å². The van der Waals surface area contributed by atoms with E-state index in [-0.39, 0.29) is 11.8 Å². The molecule has 0 spiro atoms. The quantitative estimate of drug-likeness (QED) is 0.877. The van der Waals surface area contributed by atoms with Gasteiger partial charge in [-0.3, -0.25) is 0 Å². The van der Waals surface area contributed by atoms with Crippen molar-refractivity contribution in [2.45, 2.75) is 26.7 Å². The molecule has 6 nitrogen and oxygen atoms in total. The number of rotatable bonds is 4. The van der Waals surface area contributed by atoms with Gasteiger partial charge >= 0.3 is 0 Å². The summed E-state index contributed by atoms with van der Waals surface area (Å²) in [5.41, 5.74) is 12.1. The molecule has 0 radical (unpaired) electrons. The van der Waals surface area contributed by atoms with Gasteiger partial charge in [0, 0.05) is 0 Å². The minimum absolute atomic E-state index is 0.133. The fraction of sp³-hybridized carbons (Fsp3) is 0.364. The number of hydrogen-bond acceptors (Lipinski definition) is 7. The van der Waals surface area contributed by atoms with Gasteiger partial charge in [0.15, 0.2) is 11.6 Å². The molecule has 0 aliphatic carbocycles. The summed E-state index contributed by atoms with van der Waals surface area (Å²) in [4.78, 5) is 12.2. The van der Waals surface area contributed by atoms with E-state index in [2.05, 4.69) is 21.9 Å². The summed E-state index contributed by atoms with van der Waals surface area (Å²) >= 11 is 1.52. The van der Waals surface area contributed by atoms with E-state index in [1.54, 1.807) is 0 Å². The number of anilines is 2. The Hall–Kier alpha value is -1.89. The fourth-order valence-electron chi connectivity index (χ4n) is 1.42. The first-order chi connectivity index (χ1) is 8.63. The van der Waals surface area contributed by atoms with Gasteiger partial charge in [-0.2, -0.15) is 4.98 Å². The summed E-state index contributed by atoms with van der Waals surface area (Å²) in [7, 11) is 0. The van der Waals surface area contributed by atoms with Crippen LogP contribution in [0.1, 0.15) is 24.5 Å². The van der Waals surface area contributed by atoms with Crippen molar-refractivity contribution in [2.75, 3.05) is 11.5 Å². The van der Waals surface area contributed by atoms with Crippen LogP contribution >= 0.6 is 11.3 Å². The van der Waals surface area contributed by atoms with Crippen molar-refractivity contribution in [1.82, 2.24) is 15.0 Å². The monoisotopic (exact) mass is 265 g/mol. The van der Waals surface area contributed by atoms with Crippen LogP contribution in [0, 0.1) is 0 Å². The summed E-state index contributed by atoms with van der Waals surface area (Å²) in [6.07, 6.45) is 3.17. The molecular formula is C11H15N5OS. The Labute approximate surface area is 109 Å². The van der Waals surface area contributed by atoms with Crippen LogP contribution in [-0.2, 0) is 12.8 Å². The second kappa shape index (κ2) is 5.18. The highest BCUT2D eigenvalue weighted by atomic mass is 32.1. The Morgan fingerprint density at radius 3 is 2.61 bits per heavy atom. The molecule has 2 aromatic rings. The molecule has 0 fully saturated rings. The lowest BCUT2D eigenvalue weighted by atomic mass is 10.4. The molecule has 2 rings (SSSR count). The largest absolute Gasteiger partial charge is 0.439 e. The van der Waals surface area contributed by atoms with E-state index in [1.807, 2.05) is 6.92 Å². The summed E-state index contributed by atoms with van der Waals surface area (Å²) in [6, 6.07) is 0. The van der Waals surface area contributed by atoms with Crippen molar-refractivity contribution in [2.24, 2.45) is 0 Å². The number of hydrogen-bond donors (Lipinski definition) is 2. The number of nitrogen functional groups attached to an aromatic ring is 2. The second-order valence-electron chi connectivity index (χ2n) is 3.63. The van der Waals surface area contributed by atoms with Gasteiger partial charge in [0.1, 0.15) is 0 Å².